The Balaban J connectivity index is 2.01. The summed E-state index contributed by atoms with van der Waals surface area (Å²) in [5.41, 5.74) is 0.215. The first-order chi connectivity index (χ1) is 11.6. The summed E-state index contributed by atoms with van der Waals surface area (Å²) >= 11 is 6.13. The number of hydrogen-bond donors (Lipinski definition) is 0. The molecule has 24 heavy (non-hydrogen) atoms. The third-order valence-electron chi connectivity index (χ3n) is 3.79. The van der Waals surface area contributed by atoms with Gasteiger partial charge in [0.05, 0.1) is 24.3 Å². The number of likely N-dealkylation sites (tertiary alicyclic amines) is 1. The van der Waals surface area contributed by atoms with E-state index in [0.29, 0.717) is 18.1 Å². The van der Waals surface area contributed by atoms with Crippen LogP contribution in [0.3, 0.4) is 0 Å². The molecule has 2 rings (SSSR count). The van der Waals surface area contributed by atoms with E-state index in [1.807, 2.05) is 6.92 Å². The Bertz CT molecular complexity index is 599. The van der Waals surface area contributed by atoms with Crippen LogP contribution in [0.1, 0.15) is 36.5 Å². The highest BCUT2D eigenvalue weighted by Gasteiger charge is 2.20. The summed E-state index contributed by atoms with van der Waals surface area (Å²) in [7, 11) is 1.46. The molecule has 7 heteroatoms. The SMILES string of the molecule is CCOc1c(Cl)cc(C(=O)OCC(=O)N2CCCCC2)cc1OC. The molecule has 0 aliphatic carbocycles. The fourth-order valence-electron chi connectivity index (χ4n) is 2.57. The Kier molecular flexibility index (Phi) is 6.73. The van der Waals surface area contributed by atoms with Gasteiger partial charge in [-0.2, -0.15) is 0 Å². The van der Waals surface area contributed by atoms with Crippen molar-refractivity contribution >= 4 is 23.5 Å². The molecular weight excluding hydrogens is 334 g/mol. The molecule has 1 aromatic rings. The third kappa shape index (κ3) is 4.54. The Morgan fingerprint density at radius 3 is 2.54 bits per heavy atom. The maximum absolute atomic E-state index is 12.2. The zero-order valence-electron chi connectivity index (χ0n) is 14.0. The predicted molar refractivity (Wildman–Crippen MR) is 89.9 cm³/mol. The van der Waals surface area contributed by atoms with Crippen molar-refractivity contribution in [1.82, 2.24) is 4.90 Å². The molecule has 0 saturated carbocycles. The maximum atomic E-state index is 12.2. The average Bonchev–Trinajstić information content (AvgIpc) is 2.61. The van der Waals surface area contributed by atoms with Gasteiger partial charge in [0.25, 0.3) is 5.91 Å². The molecule has 0 unspecified atom stereocenters. The summed E-state index contributed by atoms with van der Waals surface area (Å²) in [5.74, 6) is -0.0723. The van der Waals surface area contributed by atoms with Crippen molar-refractivity contribution in [3.8, 4) is 11.5 Å². The summed E-state index contributed by atoms with van der Waals surface area (Å²) in [6, 6.07) is 2.94. The molecule has 1 aliphatic heterocycles. The Hall–Kier alpha value is -1.95. The van der Waals surface area contributed by atoms with Crippen LogP contribution in [-0.2, 0) is 9.53 Å². The second-order valence-electron chi connectivity index (χ2n) is 5.44. The van der Waals surface area contributed by atoms with Crippen LogP contribution in [0.4, 0.5) is 0 Å². The molecule has 1 amide bonds. The summed E-state index contributed by atoms with van der Waals surface area (Å²) in [6.07, 6.45) is 3.12. The van der Waals surface area contributed by atoms with Crippen LogP contribution in [0.25, 0.3) is 0 Å². The number of amides is 1. The Morgan fingerprint density at radius 2 is 1.92 bits per heavy atom. The first-order valence-electron chi connectivity index (χ1n) is 8.02. The summed E-state index contributed by atoms with van der Waals surface area (Å²) in [6.45, 7) is 3.42. The molecule has 1 aromatic carbocycles. The van der Waals surface area contributed by atoms with E-state index in [1.54, 1.807) is 4.90 Å². The maximum Gasteiger partial charge on any atom is 0.338 e. The van der Waals surface area contributed by atoms with Crippen LogP contribution in [-0.4, -0.2) is 50.2 Å². The molecule has 0 spiro atoms. The van der Waals surface area contributed by atoms with Crippen molar-refractivity contribution in [2.75, 3.05) is 33.4 Å². The van der Waals surface area contributed by atoms with Gasteiger partial charge in [-0.05, 0) is 38.3 Å². The van der Waals surface area contributed by atoms with Gasteiger partial charge >= 0.3 is 5.97 Å². The topological polar surface area (TPSA) is 65.1 Å². The number of ether oxygens (including phenoxy) is 3. The van der Waals surface area contributed by atoms with Gasteiger partial charge in [-0.25, -0.2) is 4.79 Å². The molecule has 1 heterocycles. The number of rotatable bonds is 6. The van der Waals surface area contributed by atoms with Gasteiger partial charge in [-0.3, -0.25) is 4.79 Å². The quantitative estimate of drug-likeness (QED) is 0.734. The van der Waals surface area contributed by atoms with Crippen molar-refractivity contribution in [3.05, 3.63) is 22.7 Å². The van der Waals surface area contributed by atoms with Crippen molar-refractivity contribution in [2.24, 2.45) is 0 Å². The number of esters is 1. The van der Waals surface area contributed by atoms with Gasteiger partial charge in [0.2, 0.25) is 0 Å². The molecule has 0 aromatic heterocycles. The average molecular weight is 356 g/mol. The number of benzene rings is 1. The van der Waals surface area contributed by atoms with E-state index in [-0.39, 0.29) is 23.1 Å². The Labute approximate surface area is 146 Å². The van der Waals surface area contributed by atoms with Crippen molar-refractivity contribution < 1.29 is 23.8 Å². The van der Waals surface area contributed by atoms with Crippen molar-refractivity contribution in [2.45, 2.75) is 26.2 Å². The zero-order chi connectivity index (χ0) is 17.5. The fourth-order valence-corrected chi connectivity index (χ4v) is 2.83. The van der Waals surface area contributed by atoms with E-state index in [1.165, 1.54) is 19.2 Å². The lowest BCUT2D eigenvalue weighted by atomic mass is 10.1. The van der Waals surface area contributed by atoms with E-state index in [9.17, 15) is 9.59 Å². The molecule has 1 aliphatic rings. The monoisotopic (exact) mass is 355 g/mol. The van der Waals surface area contributed by atoms with Gasteiger partial charge in [0.15, 0.2) is 18.1 Å². The minimum atomic E-state index is -0.622. The van der Waals surface area contributed by atoms with E-state index >= 15 is 0 Å². The molecular formula is C17H22ClNO5. The fraction of sp³-hybridized carbons (Fsp3) is 0.529. The molecule has 0 atom stereocenters. The third-order valence-corrected chi connectivity index (χ3v) is 4.07. The van der Waals surface area contributed by atoms with Gasteiger partial charge in [0, 0.05) is 13.1 Å². The lowest BCUT2D eigenvalue weighted by Crippen LogP contribution is -2.38. The zero-order valence-corrected chi connectivity index (χ0v) is 14.7. The van der Waals surface area contributed by atoms with E-state index in [4.69, 9.17) is 25.8 Å². The largest absolute Gasteiger partial charge is 0.493 e. The van der Waals surface area contributed by atoms with Crippen LogP contribution in [0.5, 0.6) is 11.5 Å². The number of carbonyl (C=O) groups excluding carboxylic acids is 2. The minimum Gasteiger partial charge on any atom is -0.493 e. The summed E-state index contributed by atoms with van der Waals surface area (Å²) < 4.78 is 15.7. The summed E-state index contributed by atoms with van der Waals surface area (Å²) in [5, 5.41) is 0.255. The van der Waals surface area contributed by atoms with Crippen LogP contribution < -0.4 is 9.47 Å². The molecule has 6 nitrogen and oxygen atoms in total. The lowest BCUT2D eigenvalue weighted by molar-refractivity contribution is -0.135. The van der Waals surface area contributed by atoms with Gasteiger partial charge in [-0.1, -0.05) is 11.6 Å². The molecule has 1 fully saturated rings. The molecule has 0 N–H and O–H groups in total. The number of nitrogens with zero attached hydrogens (tertiary/aromatic N) is 1. The van der Waals surface area contributed by atoms with Crippen LogP contribution >= 0.6 is 11.6 Å². The van der Waals surface area contributed by atoms with E-state index in [0.717, 1.165) is 32.4 Å². The van der Waals surface area contributed by atoms with Crippen LogP contribution in [0.2, 0.25) is 5.02 Å². The number of methoxy groups -OCH3 is 1. The van der Waals surface area contributed by atoms with E-state index in [2.05, 4.69) is 0 Å². The van der Waals surface area contributed by atoms with Crippen molar-refractivity contribution in [3.63, 3.8) is 0 Å². The standard InChI is InChI=1S/C17H22ClNO5/c1-3-23-16-13(18)9-12(10-14(16)22-2)17(21)24-11-15(20)19-7-5-4-6-8-19/h9-10H,3-8,11H2,1-2H3. The van der Waals surface area contributed by atoms with Gasteiger partial charge in [0.1, 0.15) is 0 Å². The highest BCUT2D eigenvalue weighted by Crippen LogP contribution is 2.36. The lowest BCUT2D eigenvalue weighted by Gasteiger charge is -2.26. The number of carbonyl (C=O) groups is 2. The second-order valence-corrected chi connectivity index (χ2v) is 5.85. The first kappa shape index (κ1) is 18.4. The molecule has 0 radical (unpaired) electrons. The highest BCUT2D eigenvalue weighted by atomic mass is 35.5. The van der Waals surface area contributed by atoms with Crippen molar-refractivity contribution in [1.29, 1.82) is 0 Å². The minimum absolute atomic E-state index is 0.174. The van der Waals surface area contributed by atoms with Crippen LogP contribution in [0, 0.1) is 0 Å². The van der Waals surface area contributed by atoms with Crippen LogP contribution in [0.15, 0.2) is 12.1 Å². The highest BCUT2D eigenvalue weighted by molar-refractivity contribution is 6.32. The smallest absolute Gasteiger partial charge is 0.338 e. The summed E-state index contributed by atoms with van der Waals surface area (Å²) in [4.78, 5) is 25.9. The molecule has 1 saturated heterocycles. The number of hydrogen-bond acceptors (Lipinski definition) is 5. The Morgan fingerprint density at radius 1 is 1.21 bits per heavy atom. The van der Waals surface area contributed by atoms with Gasteiger partial charge in [-0.15, -0.1) is 0 Å². The second kappa shape index (κ2) is 8.78. The molecule has 132 valence electrons. The molecule has 0 bridgehead atoms. The van der Waals surface area contributed by atoms with Gasteiger partial charge < -0.3 is 19.1 Å². The van der Waals surface area contributed by atoms with E-state index < -0.39 is 5.97 Å². The number of piperidine rings is 1. The predicted octanol–water partition coefficient (Wildman–Crippen LogP) is 2.92. The first-order valence-corrected chi connectivity index (χ1v) is 8.39. The number of halogens is 1. The normalized spacial score (nSPS) is 14.2.